The number of carboxylic acid groups (broad SMARTS) is 1. The molecule has 0 atom stereocenters. The molecule has 8 heteroatoms. The second kappa shape index (κ2) is 8.66. The van der Waals surface area contributed by atoms with Crippen LogP contribution in [0.3, 0.4) is 0 Å². The van der Waals surface area contributed by atoms with Crippen molar-refractivity contribution in [3.05, 3.63) is 33.9 Å². The quantitative estimate of drug-likeness (QED) is 0.532. The Kier molecular flexibility index (Phi) is 6.55. The molecule has 0 spiro atoms. The molecule has 0 unspecified atom stereocenters. The number of fused-ring (bicyclic) bond motifs is 1. The molecule has 27 heavy (non-hydrogen) atoms. The number of methoxy groups -OCH3 is 1. The number of halogens is 1. The summed E-state index contributed by atoms with van der Waals surface area (Å²) in [5.41, 5.74) is 3.05. The number of aliphatic carboxylic acids is 1. The van der Waals surface area contributed by atoms with Gasteiger partial charge in [-0.2, -0.15) is 0 Å². The van der Waals surface area contributed by atoms with Gasteiger partial charge in [0.25, 0.3) is 5.91 Å². The first-order chi connectivity index (χ1) is 12.8. The molecule has 1 aromatic rings. The highest BCUT2D eigenvalue weighted by Gasteiger charge is 2.32. The van der Waals surface area contributed by atoms with E-state index in [9.17, 15) is 18.8 Å². The van der Waals surface area contributed by atoms with E-state index in [-0.39, 0.29) is 30.7 Å². The van der Waals surface area contributed by atoms with E-state index in [1.807, 2.05) is 0 Å². The van der Waals surface area contributed by atoms with Gasteiger partial charge in [0.2, 0.25) is 0 Å². The third-order valence-corrected chi connectivity index (χ3v) is 4.45. The second-order valence-electron chi connectivity index (χ2n) is 6.27. The van der Waals surface area contributed by atoms with Crippen molar-refractivity contribution in [1.82, 2.24) is 0 Å². The van der Waals surface area contributed by atoms with Crippen LogP contribution in [0.1, 0.15) is 46.8 Å². The lowest BCUT2D eigenvalue weighted by atomic mass is 9.93. The number of hydrogen-bond acceptors (Lipinski definition) is 5. The first kappa shape index (κ1) is 20.4. The van der Waals surface area contributed by atoms with Gasteiger partial charge in [0.1, 0.15) is 12.4 Å². The number of anilines is 1. The normalized spacial score (nSPS) is 13.2. The molecule has 1 amide bonds. The summed E-state index contributed by atoms with van der Waals surface area (Å²) in [7, 11) is 1.47. The third kappa shape index (κ3) is 4.45. The summed E-state index contributed by atoms with van der Waals surface area (Å²) in [4.78, 5) is 34.6. The molecular formula is C19H22FNO6. The molecule has 2 N–H and O–H groups in total. The first-order valence-corrected chi connectivity index (χ1v) is 8.42. The largest absolute Gasteiger partial charge is 0.496 e. The predicted octanol–water partition coefficient (Wildman–Crippen LogP) is 2.94. The number of amides is 1. The number of nitrogens with one attached hydrogen (secondary N) is 1. The van der Waals surface area contributed by atoms with E-state index in [0.29, 0.717) is 28.9 Å². The van der Waals surface area contributed by atoms with Crippen LogP contribution in [-0.2, 0) is 27.4 Å². The van der Waals surface area contributed by atoms with Gasteiger partial charge in [-0.05, 0) is 32.3 Å². The number of hydrogen-bond donors (Lipinski definition) is 2. The van der Waals surface area contributed by atoms with Crippen molar-refractivity contribution in [3.63, 3.8) is 0 Å². The first-order valence-electron chi connectivity index (χ1n) is 8.42. The molecule has 0 aromatic heterocycles. The molecule has 1 heterocycles. The molecule has 0 saturated heterocycles. The molecule has 0 saturated carbocycles. The molecule has 2 rings (SSSR count). The van der Waals surface area contributed by atoms with E-state index in [2.05, 4.69) is 5.32 Å². The lowest BCUT2D eigenvalue weighted by molar-refractivity contribution is -0.137. The van der Waals surface area contributed by atoms with Crippen molar-refractivity contribution in [2.75, 3.05) is 19.1 Å². The minimum atomic E-state index is -1.23. The summed E-state index contributed by atoms with van der Waals surface area (Å²) in [5, 5.41) is 11.2. The number of ether oxygens (including phenoxy) is 2. The standard InChI is InChI=1S/C19H22FNO6/c1-10(5-7-15(23)24)4-6-12-17(21-14(22)8-20)16-13(9-27-19(16)25)11(2)18(12)26-3/h4H,5-9H2,1-3H3,(H,21,22)(H,23,24). The fraction of sp³-hybridized carbons (Fsp3) is 0.421. The summed E-state index contributed by atoms with van der Waals surface area (Å²) in [5.74, 6) is -1.88. The summed E-state index contributed by atoms with van der Waals surface area (Å²) in [6.07, 6.45) is 2.45. The highest BCUT2D eigenvalue weighted by molar-refractivity contribution is 6.06. The molecule has 0 bridgehead atoms. The fourth-order valence-corrected chi connectivity index (χ4v) is 3.05. The molecule has 7 nitrogen and oxygen atoms in total. The van der Waals surface area contributed by atoms with E-state index >= 15 is 0 Å². The Hall–Kier alpha value is -2.90. The number of esters is 1. The van der Waals surface area contributed by atoms with Crippen molar-refractivity contribution < 1.29 is 33.4 Å². The molecule has 0 aliphatic carbocycles. The predicted molar refractivity (Wildman–Crippen MR) is 95.8 cm³/mol. The number of alkyl halides is 1. The van der Waals surface area contributed by atoms with Crippen LogP contribution in [-0.4, -0.2) is 36.7 Å². The van der Waals surface area contributed by atoms with Crippen LogP contribution in [0.5, 0.6) is 5.75 Å². The minimum Gasteiger partial charge on any atom is -0.496 e. The maximum Gasteiger partial charge on any atom is 0.341 e. The van der Waals surface area contributed by atoms with Crippen molar-refractivity contribution in [2.24, 2.45) is 0 Å². The summed E-state index contributed by atoms with van der Waals surface area (Å²) < 4.78 is 23.4. The molecule has 1 aliphatic rings. The van der Waals surface area contributed by atoms with Gasteiger partial charge in [-0.1, -0.05) is 11.6 Å². The Morgan fingerprint density at radius 3 is 2.67 bits per heavy atom. The van der Waals surface area contributed by atoms with E-state index in [4.69, 9.17) is 14.6 Å². The molecule has 1 aliphatic heterocycles. The third-order valence-electron chi connectivity index (χ3n) is 4.45. The zero-order valence-electron chi connectivity index (χ0n) is 15.5. The van der Waals surface area contributed by atoms with Gasteiger partial charge < -0.3 is 19.9 Å². The average Bonchev–Trinajstić information content (AvgIpc) is 3.02. The SMILES string of the molecule is COc1c(C)c2c(c(NC(=O)CF)c1CC=C(C)CCC(=O)O)C(=O)OC2. The van der Waals surface area contributed by atoms with Crippen molar-refractivity contribution >= 4 is 23.5 Å². The summed E-state index contributed by atoms with van der Waals surface area (Å²) in [6.45, 7) is 2.41. The zero-order chi connectivity index (χ0) is 20.1. The minimum absolute atomic E-state index is 0.000450. The maximum atomic E-state index is 12.8. The number of cyclic esters (lactones) is 1. The molecule has 0 fully saturated rings. The Balaban J connectivity index is 2.53. The zero-order valence-corrected chi connectivity index (χ0v) is 15.5. The number of carbonyl (C=O) groups excluding carboxylic acids is 2. The highest BCUT2D eigenvalue weighted by Crippen LogP contribution is 2.41. The fourth-order valence-electron chi connectivity index (χ4n) is 3.05. The lowest BCUT2D eigenvalue weighted by Crippen LogP contribution is -2.18. The molecule has 1 aromatic carbocycles. The van der Waals surface area contributed by atoms with Gasteiger partial charge in [-0.15, -0.1) is 0 Å². The van der Waals surface area contributed by atoms with E-state index in [0.717, 1.165) is 5.57 Å². The number of carboxylic acids is 1. The average molecular weight is 379 g/mol. The molecule has 0 radical (unpaired) electrons. The molecular weight excluding hydrogens is 357 g/mol. The van der Waals surface area contributed by atoms with Crippen molar-refractivity contribution in [2.45, 2.75) is 39.7 Å². The van der Waals surface area contributed by atoms with Gasteiger partial charge in [-0.25, -0.2) is 9.18 Å². The van der Waals surface area contributed by atoms with Crippen LogP contribution in [0, 0.1) is 6.92 Å². The second-order valence-corrected chi connectivity index (χ2v) is 6.27. The van der Waals surface area contributed by atoms with Gasteiger partial charge >= 0.3 is 11.9 Å². The number of rotatable bonds is 8. The van der Waals surface area contributed by atoms with Crippen LogP contribution in [0.4, 0.5) is 10.1 Å². The lowest BCUT2D eigenvalue weighted by Gasteiger charge is -2.19. The van der Waals surface area contributed by atoms with Crippen LogP contribution < -0.4 is 10.1 Å². The van der Waals surface area contributed by atoms with Crippen LogP contribution >= 0.6 is 0 Å². The van der Waals surface area contributed by atoms with Crippen LogP contribution in [0.15, 0.2) is 11.6 Å². The maximum absolute atomic E-state index is 12.8. The van der Waals surface area contributed by atoms with Crippen molar-refractivity contribution in [3.8, 4) is 5.75 Å². The van der Waals surface area contributed by atoms with Gasteiger partial charge in [0.05, 0.1) is 18.4 Å². The number of carbonyl (C=O) groups is 3. The Labute approximate surface area is 156 Å². The number of allylic oxidation sites excluding steroid dienone is 2. The van der Waals surface area contributed by atoms with E-state index in [1.54, 1.807) is 19.9 Å². The smallest absolute Gasteiger partial charge is 0.341 e. The number of benzene rings is 1. The Morgan fingerprint density at radius 2 is 2.07 bits per heavy atom. The van der Waals surface area contributed by atoms with Crippen molar-refractivity contribution in [1.29, 1.82) is 0 Å². The Morgan fingerprint density at radius 1 is 1.37 bits per heavy atom. The summed E-state index contributed by atoms with van der Waals surface area (Å²) >= 11 is 0. The molecule has 146 valence electrons. The monoisotopic (exact) mass is 379 g/mol. The van der Waals surface area contributed by atoms with Gasteiger partial charge in [0, 0.05) is 17.5 Å². The van der Waals surface area contributed by atoms with Gasteiger partial charge in [0.15, 0.2) is 6.67 Å². The van der Waals surface area contributed by atoms with E-state index in [1.165, 1.54) is 7.11 Å². The van der Waals surface area contributed by atoms with Crippen LogP contribution in [0.25, 0.3) is 0 Å². The summed E-state index contributed by atoms with van der Waals surface area (Å²) in [6, 6.07) is 0. The van der Waals surface area contributed by atoms with Gasteiger partial charge in [-0.3, -0.25) is 9.59 Å². The Bertz CT molecular complexity index is 815. The van der Waals surface area contributed by atoms with Crippen LogP contribution in [0.2, 0.25) is 0 Å². The topological polar surface area (TPSA) is 102 Å². The highest BCUT2D eigenvalue weighted by atomic mass is 19.1. The van der Waals surface area contributed by atoms with E-state index < -0.39 is 24.5 Å².